The Balaban J connectivity index is 1.95. The molecule has 0 bridgehead atoms. The Morgan fingerprint density at radius 3 is 2.94 bits per heavy atom. The first-order valence-corrected chi connectivity index (χ1v) is 5.64. The van der Waals surface area contributed by atoms with Crippen molar-refractivity contribution in [3.05, 3.63) is 24.8 Å². The van der Waals surface area contributed by atoms with Gasteiger partial charge in [0.1, 0.15) is 12.0 Å². The summed E-state index contributed by atoms with van der Waals surface area (Å²) in [7, 11) is 4.32. The highest BCUT2D eigenvalue weighted by Gasteiger charge is 2.45. The molecule has 1 aliphatic rings. The second-order valence-corrected chi connectivity index (χ2v) is 4.86. The molecule has 0 unspecified atom stereocenters. The molecule has 4 nitrogen and oxygen atoms in total. The predicted octanol–water partition coefficient (Wildman–Crippen LogP) is 1.53. The van der Waals surface area contributed by atoms with Crippen molar-refractivity contribution in [2.45, 2.75) is 24.9 Å². The second kappa shape index (κ2) is 3.28. The maximum Gasteiger partial charge on any atom is 0.143 e. The Kier molecular flexibility index (Phi) is 2.01. The van der Waals surface area contributed by atoms with Gasteiger partial charge in [0.2, 0.25) is 0 Å². The van der Waals surface area contributed by atoms with Crippen LogP contribution in [-0.2, 0) is 6.54 Å². The second-order valence-electron chi connectivity index (χ2n) is 4.86. The molecule has 0 amide bonds. The fraction of sp³-hybridized carbons (Fsp3) is 0.500. The third kappa shape index (κ3) is 1.41. The lowest BCUT2D eigenvalue weighted by Crippen LogP contribution is -2.34. The zero-order valence-electron chi connectivity index (χ0n) is 9.72. The molecule has 2 aromatic heterocycles. The van der Waals surface area contributed by atoms with Gasteiger partial charge in [0.05, 0.1) is 0 Å². The van der Waals surface area contributed by atoms with E-state index in [4.69, 9.17) is 0 Å². The normalized spacial score (nSPS) is 18.2. The van der Waals surface area contributed by atoms with E-state index in [1.807, 2.05) is 6.20 Å². The summed E-state index contributed by atoms with van der Waals surface area (Å²) in [5, 5.41) is 1.12. The Bertz CT molecular complexity index is 510. The van der Waals surface area contributed by atoms with Gasteiger partial charge in [-0.2, -0.15) is 0 Å². The summed E-state index contributed by atoms with van der Waals surface area (Å²) in [6, 6.07) is 2.08. The molecule has 0 radical (unpaired) electrons. The average Bonchev–Trinajstić information content (AvgIpc) is 2.96. The Hall–Kier alpha value is -1.42. The third-order valence-corrected chi connectivity index (χ3v) is 3.67. The summed E-state index contributed by atoms with van der Waals surface area (Å²) in [6.07, 6.45) is 8.17. The van der Waals surface area contributed by atoms with Crippen LogP contribution in [0.5, 0.6) is 0 Å². The molecule has 16 heavy (non-hydrogen) atoms. The smallest absolute Gasteiger partial charge is 0.143 e. The van der Waals surface area contributed by atoms with E-state index in [1.54, 1.807) is 6.33 Å². The molecule has 1 fully saturated rings. The number of nitrogens with zero attached hydrogens (tertiary/aromatic N) is 4. The highest BCUT2D eigenvalue weighted by Crippen LogP contribution is 2.41. The number of aromatic nitrogens is 3. The monoisotopic (exact) mass is 216 g/mol. The molecule has 0 aromatic carbocycles. The van der Waals surface area contributed by atoms with Crippen molar-refractivity contribution in [2.75, 3.05) is 14.1 Å². The molecular formula is C12H16N4. The molecule has 4 heteroatoms. The molecular weight excluding hydrogens is 200 g/mol. The molecule has 3 rings (SSSR count). The first-order chi connectivity index (χ1) is 7.71. The number of fused-ring (bicyclic) bond motifs is 1. The van der Waals surface area contributed by atoms with Crippen LogP contribution in [0.4, 0.5) is 0 Å². The lowest BCUT2D eigenvalue weighted by molar-refractivity contribution is 0.243. The zero-order valence-corrected chi connectivity index (χ0v) is 9.72. The van der Waals surface area contributed by atoms with Crippen molar-refractivity contribution >= 4 is 11.0 Å². The molecule has 2 aromatic rings. The van der Waals surface area contributed by atoms with Crippen LogP contribution < -0.4 is 0 Å². The zero-order chi connectivity index (χ0) is 11.2. The minimum atomic E-state index is 0.358. The van der Waals surface area contributed by atoms with Gasteiger partial charge in [0.15, 0.2) is 0 Å². The van der Waals surface area contributed by atoms with E-state index in [0.717, 1.165) is 17.6 Å². The molecule has 84 valence electrons. The standard InChI is InChI=1S/C12H16N4/c1-15(2)12(4-5-12)8-16-6-3-10-7-13-9-14-11(10)16/h3,6-7,9H,4-5,8H2,1-2H3. The van der Waals surface area contributed by atoms with E-state index in [0.29, 0.717) is 5.54 Å². The molecule has 1 aliphatic carbocycles. The molecule has 0 spiro atoms. The van der Waals surface area contributed by atoms with E-state index < -0.39 is 0 Å². The van der Waals surface area contributed by atoms with Crippen molar-refractivity contribution in [2.24, 2.45) is 0 Å². The summed E-state index contributed by atoms with van der Waals surface area (Å²) in [4.78, 5) is 10.7. The maximum absolute atomic E-state index is 4.35. The van der Waals surface area contributed by atoms with E-state index in [9.17, 15) is 0 Å². The highest BCUT2D eigenvalue weighted by molar-refractivity contribution is 5.74. The van der Waals surface area contributed by atoms with Gasteiger partial charge in [-0.1, -0.05) is 0 Å². The minimum absolute atomic E-state index is 0.358. The quantitative estimate of drug-likeness (QED) is 0.780. The molecule has 0 atom stereocenters. The van der Waals surface area contributed by atoms with Crippen LogP contribution in [0.2, 0.25) is 0 Å². The molecule has 0 N–H and O–H groups in total. The van der Waals surface area contributed by atoms with Gasteiger partial charge in [-0.25, -0.2) is 9.97 Å². The van der Waals surface area contributed by atoms with Gasteiger partial charge in [-0.3, -0.25) is 0 Å². The summed E-state index contributed by atoms with van der Waals surface area (Å²) in [5.41, 5.74) is 1.40. The van der Waals surface area contributed by atoms with Crippen molar-refractivity contribution in [3.63, 3.8) is 0 Å². The van der Waals surface area contributed by atoms with Crippen LogP contribution in [0, 0.1) is 0 Å². The van der Waals surface area contributed by atoms with Crippen LogP contribution in [0.25, 0.3) is 11.0 Å². The summed E-state index contributed by atoms with van der Waals surface area (Å²) < 4.78 is 2.24. The SMILES string of the molecule is CN(C)C1(Cn2ccc3cncnc32)CC1. The van der Waals surface area contributed by atoms with E-state index in [-0.39, 0.29) is 0 Å². The number of hydrogen-bond donors (Lipinski definition) is 0. The fourth-order valence-electron chi connectivity index (χ4n) is 2.27. The van der Waals surface area contributed by atoms with Crippen LogP contribution in [-0.4, -0.2) is 39.1 Å². The largest absolute Gasteiger partial charge is 0.331 e. The van der Waals surface area contributed by atoms with Gasteiger partial charge >= 0.3 is 0 Å². The molecule has 0 aliphatic heterocycles. The van der Waals surface area contributed by atoms with Crippen LogP contribution in [0.3, 0.4) is 0 Å². The first kappa shape index (κ1) is 9.78. The first-order valence-electron chi connectivity index (χ1n) is 5.64. The van der Waals surface area contributed by atoms with E-state index >= 15 is 0 Å². The van der Waals surface area contributed by atoms with Crippen molar-refractivity contribution < 1.29 is 0 Å². The number of rotatable bonds is 3. The molecule has 2 heterocycles. The average molecular weight is 216 g/mol. The predicted molar refractivity (Wildman–Crippen MR) is 63.2 cm³/mol. The summed E-state index contributed by atoms with van der Waals surface area (Å²) in [6.45, 7) is 1.03. The number of hydrogen-bond acceptors (Lipinski definition) is 3. The van der Waals surface area contributed by atoms with Gasteiger partial charge in [0, 0.05) is 29.9 Å². The highest BCUT2D eigenvalue weighted by atomic mass is 15.2. The topological polar surface area (TPSA) is 34.0 Å². The minimum Gasteiger partial charge on any atom is -0.331 e. The Morgan fingerprint density at radius 1 is 1.44 bits per heavy atom. The van der Waals surface area contributed by atoms with Crippen LogP contribution >= 0.6 is 0 Å². The summed E-state index contributed by atoms with van der Waals surface area (Å²) >= 11 is 0. The maximum atomic E-state index is 4.35. The van der Waals surface area contributed by atoms with Gasteiger partial charge in [-0.05, 0) is 33.0 Å². The lowest BCUT2D eigenvalue weighted by atomic mass is 10.2. The Morgan fingerprint density at radius 2 is 2.25 bits per heavy atom. The lowest BCUT2D eigenvalue weighted by Gasteiger charge is -2.24. The van der Waals surface area contributed by atoms with Crippen LogP contribution in [0.1, 0.15) is 12.8 Å². The van der Waals surface area contributed by atoms with Gasteiger partial charge in [-0.15, -0.1) is 0 Å². The fourth-order valence-corrected chi connectivity index (χ4v) is 2.27. The summed E-state index contributed by atoms with van der Waals surface area (Å²) in [5.74, 6) is 0. The third-order valence-electron chi connectivity index (χ3n) is 3.67. The molecule has 0 saturated heterocycles. The van der Waals surface area contributed by atoms with E-state index in [2.05, 4.69) is 45.8 Å². The van der Waals surface area contributed by atoms with Gasteiger partial charge in [0.25, 0.3) is 0 Å². The van der Waals surface area contributed by atoms with Gasteiger partial charge < -0.3 is 9.47 Å². The van der Waals surface area contributed by atoms with E-state index in [1.165, 1.54) is 12.8 Å². The van der Waals surface area contributed by atoms with Crippen LogP contribution in [0.15, 0.2) is 24.8 Å². The Labute approximate surface area is 94.9 Å². The molecule has 1 saturated carbocycles. The van der Waals surface area contributed by atoms with Crippen molar-refractivity contribution in [3.8, 4) is 0 Å². The number of likely N-dealkylation sites (N-methyl/N-ethyl adjacent to an activating group) is 1. The van der Waals surface area contributed by atoms with Crippen molar-refractivity contribution in [1.82, 2.24) is 19.4 Å². The van der Waals surface area contributed by atoms with Crippen molar-refractivity contribution in [1.29, 1.82) is 0 Å².